The maximum atomic E-state index is 12.9. The van der Waals surface area contributed by atoms with Crippen molar-refractivity contribution in [3.8, 4) is 0 Å². The molecule has 1 saturated carbocycles. The standard InChI is InChI=1S/C22H30N4O/c1-24(2)20-9-7-17(8-10-20)14-21(27)25-12-3-4-19(16-25)22-23-11-13-26(22)15-18-5-6-18/h7-11,13,18-19H,3-6,12,14-16H2,1-2H3/t19-/m0/s1. The number of anilines is 1. The fourth-order valence-electron chi connectivity index (χ4n) is 4.03. The number of piperidine rings is 1. The van der Waals surface area contributed by atoms with Gasteiger partial charge in [-0.3, -0.25) is 4.79 Å². The van der Waals surface area contributed by atoms with Gasteiger partial charge in [-0.15, -0.1) is 0 Å². The third kappa shape index (κ3) is 4.34. The lowest BCUT2D eigenvalue weighted by molar-refractivity contribution is -0.131. The number of amides is 1. The van der Waals surface area contributed by atoms with E-state index in [1.54, 1.807) is 0 Å². The van der Waals surface area contributed by atoms with E-state index in [9.17, 15) is 4.79 Å². The Kier molecular flexibility index (Phi) is 5.19. The van der Waals surface area contributed by atoms with Crippen LogP contribution in [0.4, 0.5) is 5.69 Å². The third-order valence-corrected chi connectivity index (χ3v) is 5.85. The van der Waals surface area contributed by atoms with Crippen LogP contribution in [0.5, 0.6) is 0 Å². The maximum Gasteiger partial charge on any atom is 0.227 e. The van der Waals surface area contributed by atoms with Gasteiger partial charge in [0.15, 0.2) is 0 Å². The lowest BCUT2D eigenvalue weighted by Crippen LogP contribution is -2.40. The van der Waals surface area contributed by atoms with E-state index < -0.39 is 0 Å². The number of benzene rings is 1. The minimum Gasteiger partial charge on any atom is -0.378 e. The number of rotatable bonds is 6. The number of carbonyl (C=O) groups is 1. The van der Waals surface area contributed by atoms with Crippen molar-refractivity contribution in [1.82, 2.24) is 14.5 Å². The molecule has 1 saturated heterocycles. The van der Waals surface area contributed by atoms with Crippen LogP contribution in [0.15, 0.2) is 36.7 Å². The first-order valence-electron chi connectivity index (χ1n) is 10.1. The Morgan fingerprint density at radius 3 is 2.67 bits per heavy atom. The molecule has 5 heteroatoms. The zero-order chi connectivity index (χ0) is 18.8. The first-order valence-corrected chi connectivity index (χ1v) is 10.1. The van der Waals surface area contributed by atoms with Crippen molar-refractivity contribution in [3.63, 3.8) is 0 Å². The van der Waals surface area contributed by atoms with Gasteiger partial charge in [-0.05, 0) is 49.3 Å². The van der Waals surface area contributed by atoms with Gasteiger partial charge in [0.25, 0.3) is 0 Å². The largest absolute Gasteiger partial charge is 0.378 e. The first kappa shape index (κ1) is 18.1. The van der Waals surface area contributed by atoms with Gasteiger partial charge in [0.05, 0.1) is 6.42 Å². The Balaban J connectivity index is 1.38. The van der Waals surface area contributed by atoms with Crippen LogP contribution in [0.2, 0.25) is 0 Å². The summed E-state index contributed by atoms with van der Waals surface area (Å²) in [7, 11) is 4.06. The van der Waals surface area contributed by atoms with Gasteiger partial charge in [-0.1, -0.05) is 12.1 Å². The van der Waals surface area contributed by atoms with E-state index in [1.807, 2.05) is 25.2 Å². The molecule has 0 N–H and O–H groups in total. The Bertz CT molecular complexity index is 776. The summed E-state index contributed by atoms with van der Waals surface area (Å²) in [5.74, 6) is 2.62. The summed E-state index contributed by atoms with van der Waals surface area (Å²) >= 11 is 0. The third-order valence-electron chi connectivity index (χ3n) is 5.85. The molecule has 1 atom stereocenters. The number of aromatic nitrogens is 2. The van der Waals surface area contributed by atoms with Crippen LogP contribution in [0.1, 0.15) is 43.0 Å². The molecule has 1 aliphatic carbocycles. The molecule has 1 amide bonds. The van der Waals surface area contributed by atoms with E-state index in [-0.39, 0.29) is 5.91 Å². The van der Waals surface area contributed by atoms with Crippen molar-refractivity contribution >= 4 is 11.6 Å². The van der Waals surface area contributed by atoms with Crippen molar-refractivity contribution in [1.29, 1.82) is 0 Å². The highest BCUT2D eigenvalue weighted by atomic mass is 16.2. The predicted octanol–water partition coefficient (Wildman–Crippen LogP) is 3.31. The second-order valence-corrected chi connectivity index (χ2v) is 8.30. The Hall–Kier alpha value is -2.30. The van der Waals surface area contributed by atoms with E-state index in [2.05, 4.69) is 44.9 Å². The highest BCUT2D eigenvalue weighted by molar-refractivity contribution is 5.79. The van der Waals surface area contributed by atoms with E-state index in [4.69, 9.17) is 0 Å². The second kappa shape index (κ2) is 7.75. The Labute approximate surface area is 162 Å². The molecule has 0 radical (unpaired) electrons. The summed E-state index contributed by atoms with van der Waals surface area (Å²) < 4.78 is 2.33. The van der Waals surface area contributed by atoms with Crippen molar-refractivity contribution in [3.05, 3.63) is 48.0 Å². The van der Waals surface area contributed by atoms with Crippen LogP contribution in [0.3, 0.4) is 0 Å². The molecule has 5 nitrogen and oxygen atoms in total. The van der Waals surface area contributed by atoms with Gasteiger partial charge in [0.1, 0.15) is 5.82 Å². The van der Waals surface area contributed by atoms with Crippen molar-refractivity contribution in [2.45, 2.75) is 44.6 Å². The van der Waals surface area contributed by atoms with Gasteiger partial charge in [-0.2, -0.15) is 0 Å². The van der Waals surface area contributed by atoms with Crippen LogP contribution in [-0.4, -0.2) is 47.5 Å². The molecule has 4 rings (SSSR count). The van der Waals surface area contributed by atoms with Gasteiger partial charge in [0.2, 0.25) is 5.91 Å². The monoisotopic (exact) mass is 366 g/mol. The Morgan fingerprint density at radius 2 is 1.96 bits per heavy atom. The molecule has 1 aliphatic heterocycles. The topological polar surface area (TPSA) is 41.4 Å². The molecule has 1 aromatic carbocycles. The van der Waals surface area contributed by atoms with Crippen molar-refractivity contribution in [2.75, 3.05) is 32.1 Å². The zero-order valence-electron chi connectivity index (χ0n) is 16.5. The van der Waals surface area contributed by atoms with E-state index in [1.165, 1.54) is 18.7 Å². The fraction of sp³-hybridized carbons (Fsp3) is 0.545. The van der Waals surface area contributed by atoms with Gasteiger partial charge >= 0.3 is 0 Å². The van der Waals surface area contributed by atoms with Crippen LogP contribution in [0, 0.1) is 5.92 Å². The van der Waals surface area contributed by atoms with Crippen LogP contribution < -0.4 is 4.90 Å². The lowest BCUT2D eigenvalue weighted by Gasteiger charge is -2.33. The molecule has 0 spiro atoms. The number of likely N-dealkylation sites (tertiary alicyclic amines) is 1. The zero-order valence-corrected chi connectivity index (χ0v) is 16.5. The van der Waals surface area contributed by atoms with E-state index >= 15 is 0 Å². The number of hydrogen-bond acceptors (Lipinski definition) is 3. The first-order chi connectivity index (χ1) is 13.1. The lowest BCUT2D eigenvalue weighted by atomic mass is 9.96. The van der Waals surface area contributed by atoms with Gasteiger partial charge < -0.3 is 14.4 Å². The number of nitrogens with zero attached hydrogens (tertiary/aromatic N) is 4. The minimum absolute atomic E-state index is 0.234. The number of carbonyl (C=O) groups excluding carboxylic acids is 1. The number of hydrogen-bond donors (Lipinski definition) is 0. The molecule has 2 aliphatic rings. The predicted molar refractivity (Wildman–Crippen MR) is 108 cm³/mol. The Morgan fingerprint density at radius 1 is 1.19 bits per heavy atom. The van der Waals surface area contributed by atoms with Crippen LogP contribution >= 0.6 is 0 Å². The fourth-order valence-corrected chi connectivity index (χ4v) is 4.03. The molecular formula is C22H30N4O. The second-order valence-electron chi connectivity index (χ2n) is 8.30. The number of imidazole rings is 1. The quantitative estimate of drug-likeness (QED) is 0.788. The van der Waals surface area contributed by atoms with Crippen molar-refractivity contribution < 1.29 is 4.79 Å². The van der Waals surface area contributed by atoms with Gasteiger partial charge in [-0.25, -0.2) is 4.98 Å². The molecular weight excluding hydrogens is 336 g/mol. The molecule has 2 aromatic rings. The van der Waals surface area contributed by atoms with E-state index in [0.717, 1.165) is 49.6 Å². The molecule has 0 unspecified atom stereocenters. The summed E-state index contributed by atoms with van der Waals surface area (Å²) in [5, 5.41) is 0. The molecule has 1 aromatic heterocycles. The maximum absolute atomic E-state index is 12.9. The average Bonchev–Trinajstić information content (AvgIpc) is 3.37. The smallest absolute Gasteiger partial charge is 0.227 e. The highest BCUT2D eigenvalue weighted by Gasteiger charge is 2.29. The summed E-state index contributed by atoms with van der Waals surface area (Å²) in [6.45, 7) is 2.77. The summed E-state index contributed by atoms with van der Waals surface area (Å²) in [5.41, 5.74) is 2.25. The van der Waals surface area contributed by atoms with Crippen LogP contribution in [0.25, 0.3) is 0 Å². The minimum atomic E-state index is 0.234. The molecule has 2 heterocycles. The molecule has 27 heavy (non-hydrogen) atoms. The average molecular weight is 367 g/mol. The molecule has 144 valence electrons. The van der Waals surface area contributed by atoms with Gasteiger partial charge in [0, 0.05) is 57.7 Å². The molecule has 0 bridgehead atoms. The van der Waals surface area contributed by atoms with Crippen LogP contribution in [-0.2, 0) is 17.8 Å². The summed E-state index contributed by atoms with van der Waals surface area (Å²) in [6.07, 6.45) is 9.40. The molecule has 2 fully saturated rings. The normalized spacial score (nSPS) is 19.9. The summed E-state index contributed by atoms with van der Waals surface area (Å²) in [4.78, 5) is 21.6. The highest BCUT2D eigenvalue weighted by Crippen LogP contribution is 2.33. The summed E-state index contributed by atoms with van der Waals surface area (Å²) in [6, 6.07) is 8.29. The van der Waals surface area contributed by atoms with Crippen molar-refractivity contribution in [2.24, 2.45) is 5.92 Å². The SMILES string of the molecule is CN(C)c1ccc(CC(=O)N2CCC[C@H](c3nccn3CC3CC3)C2)cc1. The van der Waals surface area contributed by atoms with E-state index in [0.29, 0.717) is 12.3 Å².